The summed E-state index contributed by atoms with van der Waals surface area (Å²) in [5, 5.41) is 11.1. The first-order chi connectivity index (χ1) is 10.0. The maximum atomic E-state index is 10.5. The van der Waals surface area contributed by atoms with Crippen LogP contribution in [0.4, 0.5) is 0 Å². The van der Waals surface area contributed by atoms with Crippen LogP contribution in [-0.2, 0) is 0 Å². The lowest BCUT2D eigenvalue weighted by Crippen LogP contribution is -2.06. The van der Waals surface area contributed by atoms with Gasteiger partial charge in [-0.25, -0.2) is 0 Å². The van der Waals surface area contributed by atoms with Gasteiger partial charge in [-0.05, 0) is 43.7 Å². The Balaban J connectivity index is 2.25. The maximum absolute atomic E-state index is 10.5. The lowest BCUT2D eigenvalue weighted by Gasteiger charge is -2.16. The van der Waals surface area contributed by atoms with Gasteiger partial charge < -0.3 is 14.6 Å². The number of aliphatic hydroxyl groups is 1. The van der Waals surface area contributed by atoms with Crippen molar-refractivity contribution in [2.75, 3.05) is 7.11 Å². The summed E-state index contributed by atoms with van der Waals surface area (Å²) >= 11 is 5.94. The van der Waals surface area contributed by atoms with E-state index >= 15 is 0 Å². The van der Waals surface area contributed by atoms with Crippen LogP contribution >= 0.6 is 11.6 Å². The molecule has 0 aliphatic rings. The average Bonchev–Trinajstić information content (AvgIpc) is 2.46. The molecule has 1 atom stereocenters. The minimum Gasteiger partial charge on any atom is -0.496 e. The summed E-state index contributed by atoms with van der Waals surface area (Å²) in [7, 11) is 1.56. The number of hydrogen-bond donors (Lipinski definition) is 1. The van der Waals surface area contributed by atoms with Gasteiger partial charge in [0.05, 0.1) is 13.2 Å². The summed E-state index contributed by atoms with van der Waals surface area (Å²) in [6.45, 7) is 3.95. The molecule has 2 rings (SSSR count). The van der Waals surface area contributed by atoms with E-state index in [4.69, 9.17) is 21.1 Å². The number of methoxy groups -OCH3 is 1. The van der Waals surface area contributed by atoms with E-state index in [1.807, 2.05) is 38.1 Å². The maximum Gasteiger partial charge on any atom is 0.126 e. The minimum atomic E-state index is -0.773. The zero-order chi connectivity index (χ0) is 15.4. The first kappa shape index (κ1) is 15.7. The van der Waals surface area contributed by atoms with Crippen LogP contribution in [0, 0.1) is 0 Å². The predicted octanol–water partition coefficient (Wildman–Crippen LogP) is 4.22. The van der Waals surface area contributed by atoms with Crippen LogP contribution in [0.2, 0.25) is 5.02 Å². The van der Waals surface area contributed by atoms with Gasteiger partial charge in [-0.15, -0.1) is 0 Å². The molecule has 1 unspecified atom stereocenters. The zero-order valence-corrected chi connectivity index (χ0v) is 13.1. The average molecular weight is 307 g/mol. The molecule has 21 heavy (non-hydrogen) atoms. The molecule has 0 aliphatic heterocycles. The summed E-state index contributed by atoms with van der Waals surface area (Å²) in [5.41, 5.74) is 1.45. The highest BCUT2D eigenvalue weighted by Gasteiger charge is 2.16. The van der Waals surface area contributed by atoms with Gasteiger partial charge in [-0.2, -0.15) is 0 Å². The van der Waals surface area contributed by atoms with Gasteiger partial charge >= 0.3 is 0 Å². The van der Waals surface area contributed by atoms with Crippen molar-refractivity contribution < 1.29 is 14.6 Å². The molecule has 0 aromatic heterocycles. The molecule has 112 valence electrons. The highest BCUT2D eigenvalue weighted by Crippen LogP contribution is 2.32. The summed E-state index contributed by atoms with van der Waals surface area (Å²) in [6, 6.07) is 12.6. The minimum absolute atomic E-state index is 0.122. The van der Waals surface area contributed by atoms with Crippen LogP contribution in [0.5, 0.6) is 11.5 Å². The first-order valence-corrected chi connectivity index (χ1v) is 7.17. The van der Waals surface area contributed by atoms with Gasteiger partial charge in [-0.1, -0.05) is 29.8 Å². The largest absolute Gasteiger partial charge is 0.496 e. The van der Waals surface area contributed by atoms with Crippen molar-refractivity contribution in [1.29, 1.82) is 0 Å². The quantitative estimate of drug-likeness (QED) is 0.899. The van der Waals surface area contributed by atoms with Crippen LogP contribution in [0.1, 0.15) is 31.1 Å². The van der Waals surface area contributed by atoms with Crippen molar-refractivity contribution in [3.63, 3.8) is 0 Å². The first-order valence-electron chi connectivity index (χ1n) is 6.79. The second-order valence-electron chi connectivity index (χ2n) is 5.02. The van der Waals surface area contributed by atoms with E-state index < -0.39 is 6.10 Å². The molecule has 0 aliphatic carbocycles. The van der Waals surface area contributed by atoms with E-state index in [2.05, 4.69) is 0 Å². The smallest absolute Gasteiger partial charge is 0.126 e. The van der Waals surface area contributed by atoms with Gasteiger partial charge in [-0.3, -0.25) is 0 Å². The summed E-state index contributed by atoms with van der Waals surface area (Å²) in [4.78, 5) is 0. The molecular weight excluding hydrogens is 288 g/mol. The molecular formula is C17H19ClO3. The zero-order valence-electron chi connectivity index (χ0n) is 12.3. The van der Waals surface area contributed by atoms with E-state index in [-0.39, 0.29) is 6.10 Å². The monoisotopic (exact) mass is 306 g/mol. The lowest BCUT2D eigenvalue weighted by atomic mass is 10.0. The SMILES string of the molecule is COc1cc(Cl)ccc1C(O)c1ccc(OC(C)C)cc1. The lowest BCUT2D eigenvalue weighted by molar-refractivity contribution is 0.214. The van der Waals surface area contributed by atoms with Crippen molar-refractivity contribution in [3.05, 3.63) is 58.6 Å². The van der Waals surface area contributed by atoms with Crippen molar-refractivity contribution in [1.82, 2.24) is 0 Å². The fraction of sp³-hybridized carbons (Fsp3) is 0.294. The third kappa shape index (κ3) is 3.90. The molecule has 0 heterocycles. The molecule has 2 aromatic rings. The van der Waals surface area contributed by atoms with E-state index in [1.165, 1.54) is 0 Å². The third-order valence-electron chi connectivity index (χ3n) is 3.06. The van der Waals surface area contributed by atoms with Gasteiger partial charge in [0.1, 0.15) is 17.6 Å². The van der Waals surface area contributed by atoms with Crippen molar-refractivity contribution in [2.24, 2.45) is 0 Å². The fourth-order valence-corrected chi connectivity index (χ4v) is 2.25. The Kier molecular flexibility index (Phi) is 5.10. The van der Waals surface area contributed by atoms with Gasteiger partial charge in [0, 0.05) is 10.6 Å². The molecule has 0 saturated carbocycles. The fourth-order valence-electron chi connectivity index (χ4n) is 2.09. The highest BCUT2D eigenvalue weighted by atomic mass is 35.5. The molecule has 4 heteroatoms. The predicted molar refractivity (Wildman–Crippen MR) is 84.3 cm³/mol. The Morgan fingerprint density at radius 1 is 1.05 bits per heavy atom. The normalized spacial score (nSPS) is 12.3. The Morgan fingerprint density at radius 3 is 2.29 bits per heavy atom. The van der Waals surface area contributed by atoms with Crippen LogP contribution in [-0.4, -0.2) is 18.3 Å². The summed E-state index contributed by atoms with van der Waals surface area (Å²) < 4.78 is 10.9. The summed E-state index contributed by atoms with van der Waals surface area (Å²) in [6.07, 6.45) is -0.651. The summed E-state index contributed by atoms with van der Waals surface area (Å²) in [5.74, 6) is 1.35. The molecule has 0 saturated heterocycles. The Morgan fingerprint density at radius 2 is 1.71 bits per heavy atom. The van der Waals surface area contributed by atoms with Crippen molar-refractivity contribution >= 4 is 11.6 Å². The molecule has 1 N–H and O–H groups in total. The van der Waals surface area contributed by atoms with E-state index in [9.17, 15) is 5.11 Å². The highest BCUT2D eigenvalue weighted by molar-refractivity contribution is 6.30. The number of halogens is 1. The van der Waals surface area contributed by atoms with Gasteiger partial charge in [0.2, 0.25) is 0 Å². The van der Waals surface area contributed by atoms with E-state index in [1.54, 1.807) is 25.3 Å². The molecule has 3 nitrogen and oxygen atoms in total. The van der Waals surface area contributed by atoms with E-state index in [0.29, 0.717) is 16.3 Å². The number of hydrogen-bond acceptors (Lipinski definition) is 3. The molecule has 0 spiro atoms. The van der Waals surface area contributed by atoms with Gasteiger partial charge in [0.25, 0.3) is 0 Å². The van der Waals surface area contributed by atoms with Crippen LogP contribution in [0.3, 0.4) is 0 Å². The second kappa shape index (κ2) is 6.83. The second-order valence-corrected chi connectivity index (χ2v) is 5.46. The Hall–Kier alpha value is -1.71. The van der Waals surface area contributed by atoms with Crippen molar-refractivity contribution in [3.8, 4) is 11.5 Å². The molecule has 0 amide bonds. The van der Waals surface area contributed by atoms with Crippen molar-refractivity contribution in [2.45, 2.75) is 26.1 Å². The van der Waals surface area contributed by atoms with Crippen LogP contribution < -0.4 is 9.47 Å². The molecule has 2 aromatic carbocycles. The number of aliphatic hydroxyl groups excluding tert-OH is 1. The van der Waals surface area contributed by atoms with Gasteiger partial charge in [0.15, 0.2) is 0 Å². The van der Waals surface area contributed by atoms with Crippen LogP contribution in [0.15, 0.2) is 42.5 Å². The third-order valence-corrected chi connectivity index (χ3v) is 3.29. The number of benzene rings is 2. The Labute approximate surface area is 130 Å². The number of rotatable bonds is 5. The molecule has 0 bridgehead atoms. The topological polar surface area (TPSA) is 38.7 Å². The molecule has 0 radical (unpaired) electrons. The standard InChI is InChI=1S/C17H19ClO3/c1-11(2)21-14-7-4-12(5-8-14)17(19)15-9-6-13(18)10-16(15)20-3/h4-11,17,19H,1-3H3. The van der Waals surface area contributed by atoms with Crippen LogP contribution in [0.25, 0.3) is 0 Å². The number of ether oxygens (including phenoxy) is 2. The Bertz CT molecular complexity index is 593. The molecule has 0 fully saturated rings. The van der Waals surface area contributed by atoms with E-state index in [0.717, 1.165) is 11.3 Å².